The number of nitrogens with one attached hydrogen (secondary N) is 1. The molecule has 0 saturated carbocycles. The van der Waals surface area contributed by atoms with Crippen molar-refractivity contribution in [2.75, 3.05) is 13.2 Å². The molecular weight excluding hydrogens is 178 g/mol. The Morgan fingerprint density at radius 2 is 2.50 bits per heavy atom. The lowest BCUT2D eigenvalue weighted by molar-refractivity contribution is 0.281. The molecule has 14 heavy (non-hydrogen) atoms. The van der Waals surface area contributed by atoms with Gasteiger partial charge in [0.15, 0.2) is 0 Å². The molecule has 1 atom stereocenters. The summed E-state index contributed by atoms with van der Waals surface area (Å²) in [5.41, 5.74) is 1.31. The van der Waals surface area contributed by atoms with E-state index in [4.69, 9.17) is 9.52 Å². The van der Waals surface area contributed by atoms with Crippen molar-refractivity contribution in [3.8, 4) is 0 Å². The molecule has 3 nitrogen and oxygen atoms in total. The van der Waals surface area contributed by atoms with Gasteiger partial charge in [-0.15, -0.1) is 0 Å². The molecule has 1 aliphatic rings. The number of hydrogen-bond acceptors (Lipinski definition) is 3. The lowest BCUT2D eigenvalue weighted by Crippen LogP contribution is -2.25. The van der Waals surface area contributed by atoms with E-state index >= 15 is 0 Å². The first-order valence-corrected chi connectivity index (χ1v) is 5.32. The molecule has 1 unspecified atom stereocenters. The van der Waals surface area contributed by atoms with E-state index < -0.39 is 0 Å². The first kappa shape index (κ1) is 9.74. The number of aryl methyl sites for hydroxylation is 1. The summed E-state index contributed by atoms with van der Waals surface area (Å²) in [7, 11) is 0. The van der Waals surface area contributed by atoms with E-state index in [-0.39, 0.29) is 6.61 Å². The van der Waals surface area contributed by atoms with E-state index in [9.17, 15) is 0 Å². The number of fused-ring (bicyclic) bond motifs is 1. The van der Waals surface area contributed by atoms with E-state index in [2.05, 4.69) is 11.4 Å². The Hall–Kier alpha value is -0.800. The van der Waals surface area contributed by atoms with Gasteiger partial charge in [-0.1, -0.05) is 0 Å². The maximum absolute atomic E-state index is 8.69. The van der Waals surface area contributed by atoms with Crippen LogP contribution in [-0.2, 0) is 6.42 Å². The minimum Gasteiger partial charge on any atom is -0.469 e. The maximum atomic E-state index is 8.69. The highest BCUT2D eigenvalue weighted by Gasteiger charge is 2.21. The molecule has 1 aliphatic carbocycles. The second-order valence-corrected chi connectivity index (χ2v) is 3.78. The van der Waals surface area contributed by atoms with Crippen molar-refractivity contribution in [3.63, 3.8) is 0 Å². The molecule has 0 radical (unpaired) electrons. The van der Waals surface area contributed by atoms with Crippen LogP contribution in [-0.4, -0.2) is 18.3 Å². The van der Waals surface area contributed by atoms with Crippen molar-refractivity contribution in [1.29, 1.82) is 0 Å². The van der Waals surface area contributed by atoms with Gasteiger partial charge in [0.25, 0.3) is 0 Å². The molecule has 0 bridgehead atoms. The zero-order valence-electron chi connectivity index (χ0n) is 8.33. The van der Waals surface area contributed by atoms with Gasteiger partial charge in [0.2, 0.25) is 0 Å². The zero-order valence-corrected chi connectivity index (χ0v) is 8.33. The fraction of sp³-hybridized carbons (Fsp3) is 0.636. The quantitative estimate of drug-likeness (QED) is 0.718. The van der Waals surface area contributed by atoms with Gasteiger partial charge in [0.1, 0.15) is 5.76 Å². The number of aliphatic hydroxyl groups is 1. The van der Waals surface area contributed by atoms with Crippen LogP contribution in [0.5, 0.6) is 0 Å². The molecule has 3 heteroatoms. The Bertz CT molecular complexity index is 283. The lowest BCUT2D eigenvalue weighted by atomic mass is 9.93. The molecule has 0 amide bonds. The zero-order chi connectivity index (χ0) is 9.80. The summed E-state index contributed by atoms with van der Waals surface area (Å²) < 4.78 is 5.40. The highest BCUT2D eigenvalue weighted by atomic mass is 16.3. The van der Waals surface area contributed by atoms with Crippen LogP contribution in [0.1, 0.15) is 36.6 Å². The van der Waals surface area contributed by atoms with E-state index in [1.807, 2.05) is 0 Å². The topological polar surface area (TPSA) is 45.4 Å². The van der Waals surface area contributed by atoms with E-state index in [1.54, 1.807) is 6.26 Å². The molecule has 2 N–H and O–H groups in total. The molecular formula is C11H17NO2. The third-order valence-corrected chi connectivity index (χ3v) is 2.78. The lowest BCUT2D eigenvalue weighted by Gasteiger charge is -2.22. The summed E-state index contributed by atoms with van der Waals surface area (Å²) >= 11 is 0. The molecule has 2 rings (SSSR count). The Balaban J connectivity index is 1.94. The summed E-state index contributed by atoms with van der Waals surface area (Å²) in [4.78, 5) is 0. The predicted molar refractivity (Wildman–Crippen MR) is 54.1 cm³/mol. The molecule has 0 fully saturated rings. The van der Waals surface area contributed by atoms with Gasteiger partial charge in [-0.05, 0) is 31.9 Å². The fourth-order valence-corrected chi connectivity index (χ4v) is 2.05. The largest absolute Gasteiger partial charge is 0.469 e. The predicted octanol–water partition coefficient (Wildman–Crippen LogP) is 1.63. The Labute approximate surface area is 84.1 Å². The van der Waals surface area contributed by atoms with Gasteiger partial charge in [0.05, 0.1) is 6.26 Å². The normalized spacial score (nSPS) is 20.8. The second-order valence-electron chi connectivity index (χ2n) is 3.78. The van der Waals surface area contributed by atoms with E-state index in [0.29, 0.717) is 6.04 Å². The van der Waals surface area contributed by atoms with Crippen LogP contribution >= 0.6 is 0 Å². The van der Waals surface area contributed by atoms with Crippen molar-refractivity contribution < 1.29 is 9.52 Å². The molecule has 0 aliphatic heterocycles. The fourth-order valence-electron chi connectivity index (χ4n) is 2.05. The molecule has 1 aromatic rings. The summed E-state index contributed by atoms with van der Waals surface area (Å²) in [5.74, 6) is 1.14. The first-order chi connectivity index (χ1) is 6.92. The van der Waals surface area contributed by atoms with Crippen LogP contribution in [0.25, 0.3) is 0 Å². The third-order valence-electron chi connectivity index (χ3n) is 2.78. The summed E-state index contributed by atoms with van der Waals surface area (Å²) in [6, 6.07) is 2.49. The number of rotatable bonds is 4. The van der Waals surface area contributed by atoms with Crippen molar-refractivity contribution in [1.82, 2.24) is 5.32 Å². The van der Waals surface area contributed by atoms with Crippen LogP contribution in [0.15, 0.2) is 16.7 Å². The number of furan rings is 1. The highest BCUT2D eigenvalue weighted by Crippen LogP contribution is 2.30. The van der Waals surface area contributed by atoms with Crippen molar-refractivity contribution in [2.24, 2.45) is 0 Å². The summed E-state index contributed by atoms with van der Waals surface area (Å²) in [6.45, 7) is 1.14. The average molecular weight is 195 g/mol. The van der Waals surface area contributed by atoms with Crippen LogP contribution in [0.3, 0.4) is 0 Å². The molecule has 1 aromatic heterocycles. The highest BCUT2D eigenvalue weighted by molar-refractivity contribution is 5.23. The summed E-state index contributed by atoms with van der Waals surface area (Å²) in [5, 5.41) is 12.1. The summed E-state index contributed by atoms with van der Waals surface area (Å²) in [6.07, 6.45) is 6.04. The van der Waals surface area contributed by atoms with Crippen molar-refractivity contribution >= 4 is 0 Å². The number of hydrogen-bond donors (Lipinski definition) is 2. The SMILES string of the molecule is OCCCNC1CCCc2occc21. The minimum absolute atomic E-state index is 0.262. The third kappa shape index (κ3) is 1.99. The minimum atomic E-state index is 0.262. The van der Waals surface area contributed by atoms with E-state index in [1.165, 1.54) is 18.4 Å². The smallest absolute Gasteiger partial charge is 0.108 e. The monoisotopic (exact) mass is 195 g/mol. The number of aliphatic hydroxyl groups excluding tert-OH is 1. The molecule has 78 valence electrons. The van der Waals surface area contributed by atoms with Gasteiger partial charge in [0, 0.05) is 24.6 Å². The standard InChI is InChI=1S/C11H17NO2/c13-7-2-6-12-10-3-1-4-11-9(10)5-8-14-11/h5,8,10,12-13H,1-4,6-7H2. The maximum Gasteiger partial charge on any atom is 0.108 e. The Morgan fingerprint density at radius 1 is 1.57 bits per heavy atom. The molecule has 0 saturated heterocycles. The van der Waals surface area contributed by atoms with E-state index in [0.717, 1.165) is 25.1 Å². The van der Waals surface area contributed by atoms with Crippen molar-refractivity contribution in [3.05, 3.63) is 23.7 Å². The van der Waals surface area contributed by atoms with Crippen molar-refractivity contribution in [2.45, 2.75) is 31.7 Å². The Kier molecular flexibility index (Phi) is 3.22. The Morgan fingerprint density at radius 3 is 3.36 bits per heavy atom. The van der Waals surface area contributed by atoms with Gasteiger partial charge >= 0.3 is 0 Å². The van der Waals surface area contributed by atoms with Crippen LogP contribution in [0, 0.1) is 0 Å². The second kappa shape index (κ2) is 4.62. The molecule has 0 aromatic carbocycles. The molecule has 1 heterocycles. The van der Waals surface area contributed by atoms with Gasteiger partial charge in [-0.3, -0.25) is 0 Å². The van der Waals surface area contributed by atoms with Crippen LogP contribution < -0.4 is 5.32 Å². The van der Waals surface area contributed by atoms with Crippen LogP contribution in [0.2, 0.25) is 0 Å². The first-order valence-electron chi connectivity index (χ1n) is 5.32. The van der Waals surface area contributed by atoms with Gasteiger partial charge < -0.3 is 14.8 Å². The van der Waals surface area contributed by atoms with Crippen LogP contribution in [0.4, 0.5) is 0 Å². The average Bonchev–Trinajstić information content (AvgIpc) is 2.67. The van der Waals surface area contributed by atoms with Gasteiger partial charge in [-0.2, -0.15) is 0 Å². The molecule has 0 spiro atoms. The van der Waals surface area contributed by atoms with Gasteiger partial charge in [-0.25, -0.2) is 0 Å².